The molecule has 1 atom stereocenters. The lowest BCUT2D eigenvalue weighted by atomic mass is 10.0. The van der Waals surface area contributed by atoms with Gasteiger partial charge < -0.3 is 4.74 Å². The second-order valence-corrected chi connectivity index (χ2v) is 3.12. The van der Waals surface area contributed by atoms with E-state index in [1.165, 1.54) is 5.56 Å². The van der Waals surface area contributed by atoms with Gasteiger partial charge in [-0.15, -0.1) is 0 Å². The monoisotopic (exact) mass is 164 g/mol. The number of hydrogen-bond donors (Lipinski definition) is 0. The third-order valence-corrected chi connectivity index (χ3v) is 2.20. The van der Waals surface area contributed by atoms with Crippen LogP contribution in [0.25, 0.3) is 0 Å². The Morgan fingerprint density at radius 1 is 1.42 bits per heavy atom. The van der Waals surface area contributed by atoms with E-state index in [4.69, 9.17) is 4.74 Å². The van der Waals surface area contributed by atoms with Crippen LogP contribution in [0.15, 0.2) is 12.4 Å². The van der Waals surface area contributed by atoms with Crippen molar-refractivity contribution in [2.45, 2.75) is 19.3 Å². The molecule has 0 aromatic carbocycles. The lowest BCUT2D eigenvalue weighted by Crippen LogP contribution is -1.99. The Kier molecular flexibility index (Phi) is 2.04. The molecule has 1 aliphatic rings. The average molecular weight is 164 g/mol. The fraction of sp³-hybridized carbons (Fsp3) is 0.556. The molecule has 1 aromatic rings. The highest BCUT2D eigenvalue weighted by Crippen LogP contribution is 2.23. The van der Waals surface area contributed by atoms with Crippen LogP contribution >= 0.6 is 0 Å². The maximum Gasteiger partial charge on any atom is 0.125 e. The average Bonchev–Trinajstić information content (AvgIpc) is 2.58. The highest BCUT2D eigenvalue weighted by Gasteiger charge is 2.17. The molecule has 1 aromatic heterocycles. The van der Waals surface area contributed by atoms with Crippen LogP contribution in [0.4, 0.5) is 0 Å². The first-order valence-electron chi connectivity index (χ1n) is 4.22. The molecule has 1 saturated heterocycles. The van der Waals surface area contributed by atoms with E-state index >= 15 is 0 Å². The molecule has 0 radical (unpaired) electrons. The van der Waals surface area contributed by atoms with E-state index < -0.39 is 0 Å². The van der Waals surface area contributed by atoms with Gasteiger partial charge in [0.1, 0.15) is 5.82 Å². The van der Waals surface area contributed by atoms with Crippen molar-refractivity contribution in [3.8, 4) is 0 Å². The molecule has 3 nitrogen and oxygen atoms in total. The zero-order chi connectivity index (χ0) is 8.39. The molecule has 0 amide bonds. The molecule has 2 rings (SSSR count). The van der Waals surface area contributed by atoms with Crippen molar-refractivity contribution in [3.05, 3.63) is 23.8 Å². The van der Waals surface area contributed by atoms with Crippen LogP contribution in [0.2, 0.25) is 0 Å². The van der Waals surface area contributed by atoms with Crippen molar-refractivity contribution in [3.63, 3.8) is 0 Å². The van der Waals surface area contributed by atoms with E-state index in [0.29, 0.717) is 5.92 Å². The van der Waals surface area contributed by atoms with Gasteiger partial charge in [0.05, 0.1) is 6.61 Å². The third-order valence-electron chi connectivity index (χ3n) is 2.20. The van der Waals surface area contributed by atoms with Crippen LogP contribution in [0.1, 0.15) is 23.7 Å². The molecule has 0 spiro atoms. The van der Waals surface area contributed by atoms with Crippen molar-refractivity contribution in [1.29, 1.82) is 0 Å². The Balaban J connectivity index is 2.17. The number of aryl methyl sites for hydroxylation is 1. The number of nitrogens with zero attached hydrogens (tertiary/aromatic N) is 2. The van der Waals surface area contributed by atoms with Gasteiger partial charge in [0.15, 0.2) is 0 Å². The van der Waals surface area contributed by atoms with Gasteiger partial charge >= 0.3 is 0 Å². The lowest BCUT2D eigenvalue weighted by Gasteiger charge is -2.05. The summed E-state index contributed by atoms with van der Waals surface area (Å²) in [6, 6.07) is 0. The first kappa shape index (κ1) is 7.68. The van der Waals surface area contributed by atoms with E-state index in [1.54, 1.807) is 0 Å². The van der Waals surface area contributed by atoms with Crippen molar-refractivity contribution in [1.82, 2.24) is 9.97 Å². The summed E-state index contributed by atoms with van der Waals surface area (Å²) in [5.41, 5.74) is 1.21. The van der Waals surface area contributed by atoms with Gasteiger partial charge in [-0.2, -0.15) is 0 Å². The Labute approximate surface area is 71.8 Å². The zero-order valence-electron chi connectivity index (χ0n) is 7.16. The molecule has 0 N–H and O–H groups in total. The summed E-state index contributed by atoms with van der Waals surface area (Å²) in [7, 11) is 0. The first-order chi connectivity index (χ1) is 5.86. The van der Waals surface area contributed by atoms with Crippen LogP contribution in [-0.4, -0.2) is 23.2 Å². The van der Waals surface area contributed by atoms with Crippen LogP contribution in [0, 0.1) is 6.92 Å². The molecule has 0 aliphatic carbocycles. The zero-order valence-corrected chi connectivity index (χ0v) is 7.16. The van der Waals surface area contributed by atoms with Gasteiger partial charge in [-0.1, -0.05) is 0 Å². The van der Waals surface area contributed by atoms with E-state index in [9.17, 15) is 0 Å². The maximum absolute atomic E-state index is 5.29. The van der Waals surface area contributed by atoms with Gasteiger partial charge in [-0.25, -0.2) is 9.97 Å². The van der Waals surface area contributed by atoms with Crippen molar-refractivity contribution >= 4 is 0 Å². The third kappa shape index (κ3) is 1.46. The normalized spacial score (nSPS) is 22.9. The summed E-state index contributed by atoms with van der Waals surface area (Å²) in [6.45, 7) is 3.60. The summed E-state index contributed by atoms with van der Waals surface area (Å²) in [5.74, 6) is 1.35. The van der Waals surface area contributed by atoms with E-state index in [2.05, 4.69) is 9.97 Å². The quantitative estimate of drug-likeness (QED) is 0.627. The topological polar surface area (TPSA) is 35.0 Å². The summed E-state index contributed by atoms with van der Waals surface area (Å²) in [5, 5.41) is 0. The number of ether oxygens (including phenoxy) is 1. The van der Waals surface area contributed by atoms with Crippen LogP contribution in [0.3, 0.4) is 0 Å². The second-order valence-electron chi connectivity index (χ2n) is 3.12. The fourth-order valence-corrected chi connectivity index (χ4v) is 1.41. The molecule has 0 bridgehead atoms. The Morgan fingerprint density at radius 2 is 2.17 bits per heavy atom. The Bertz CT molecular complexity index is 252. The van der Waals surface area contributed by atoms with Gasteiger partial charge in [-0.05, 0) is 18.9 Å². The predicted octanol–water partition coefficient (Wildman–Crippen LogP) is 1.29. The molecule has 1 fully saturated rings. The van der Waals surface area contributed by atoms with Crippen LogP contribution in [0.5, 0.6) is 0 Å². The van der Waals surface area contributed by atoms with Gasteiger partial charge in [0.25, 0.3) is 0 Å². The van der Waals surface area contributed by atoms with E-state index in [0.717, 1.165) is 25.5 Å². The molecule has 2 heterocycles. The van der Waals surface area contributed by atoms with Crippen molar-refractivity contribution < 1.29 is 4.74 Å². The van der Waals surface area contributed by atoms with Crippen molar-refractivity contribution in [2.24, 2.45) is 0 Å². The molecular formula is C9H12N2O. The smallest absolute Gasteiger partial charge is 0.125 e. The SMILES string of the molecule is Cc1ncc(C2CCOC2)cn1. The molecular weight excluding hydrogens is 152 g/mol. The van der Waals surface area contributed by atoms with Gasteiger partial charge in [0, 0.05) is 24.9 Å². The van der Waals surface area contributed by atoms with Crippen LogP contribution in [-0.2, 0) is 4.74 Å². The van der Waals surface area contributed by atoms with E-state index in [-0.39, 0.29) is 0 Å². The summed E-state index contributed by atoms with van der Waals surface area (Å²) >= 11 is 0. The minimum Gasteiger partial charge on any atom is -0.381 e. The fourth-order valence-electron chi connectivity index (χ4n) is 1.41. The molecule has 12 heavy (non-hydrogen) atoms. The van der Waals surface area contributed by atoms with Gasteiger partial charge in [-0.3, -0.25) is 0 Å². The second kappa shape index (κ2) is 3.19. The minimum atomic E-state index is 0.519. The molecule has 0 saturated carbocycles. The predicted molar refractivity (Wildman–Crippen MR) is 44.9 cm³/mol. The van der Waals surface area contributed by atoms with E-state index in [1.807, 2.05) is 19.3 Å². The number of hydrogen-bond acceptors (Lipinski definition) is 3. The lowest BCUT2D eigenvalue weighted by molar-refractivity contribution is 0.194. The largest absolute Gasteiger partial charge is 0.381 e. The molecule has 1 aliphatic heterocycles. The molecule has 3 heteroatoms. The molecule has 64 valence electrons. The van der Waals surface area contributed by atoms with Gasteiger partial charge in [0.2, 0.25) is 0 Å². The van der Waals surface area contributed by atoms with Crippen LogP contribution < -0.4 is 0 Å². The standard InChI is InChI=1S/C9H12N2O/c1-7-10-4-9(5-11-7)8-2-3-12-6-8/h4-5,8H,2-3,6H2,1H3. The summed E-state index contributed by atoms with van der Waals surface area (Å²) < 4.78 is 5.29. The Hall–Kier alpha value is -0.960. The highest BCUT2D eigenvalue weighted by molar-refractivity contribution is 5.12. The molecule has 1 unspecified atom stereocenters. The maximum atomic E-state index is 5.29. The first-order valence-corrected chi connectivity index (χ1v) is 4.22. The Morgan fingerprint density at radius 3 is 2.75 bits per heavy atom. The summed E-state index contributed by atoms with van der Waals surface area (Å²) in [6.07, 6.45) is 4.91. The minimum absolute atomic E-state index is 0.519. The summed E-state index contributed by atoms with van der Waals surface area (Å²) in [4.78, 5) is 8.31. The number of rotatable bonds is 1. The highest BCUT2D eigenvalue weighted by atomic mass is 16.5. The van der Waals surface area contributed by atoms with Crippen molar-refractivity contribution in [2.75, 3.05) is 13.2 Å². The number of aromatic nitrogens is 2.